The molecule has 0 radical (unpaired) electrons. The third-order valence-electron chi connectivity index (χ3n) is 5.39. The molecule has 33 heavy (non-hydrogen) atoms. The van der Waals surface area contributed by atoms with Gasteiger partial charge >= 0.3 is 5.97 Å². The molecule has 2 aromatic carbocycles. The molecule has 0 bridgehead atoms. The SMILES string of the molecule is Cc1[nH]c(/C=C2\C(=O)Nc3ccc(S(=O)(=O)Cc4cc(Cl)cc(Cl)c4)cc32)c(C)c1C(=O)O. The molecule has 1 aliphatic rings. The number of hydrogen-bond donors (Lipinski definition) is 3. The predicted octanol–water partition coefficient (Wildman–Crippen LogP) is 5.10. The van der Waals surface area contributed by atoms with Gasteiger partial charge in [-0.05, 0) is 67.4 Å². The van der Waals surface area contributed by atoms with Crippen molar-refractivity contribution in [3.8, 4) is 0 Å². The maximum atomic E-state index is 13.1. The molecule has 0 fully saturated rings. The zero-order valence-electron chi connectivity index (χ0n) is 17.5. The standard InChI is InChI=1S/C23H18Cl2N2O5S/c1-11-20(26-12(2)21(11)23(29)30)9-18-17-8-16(3-4-19(17)27-22(18)28)33(31,32)10-13-5-14(24)7-15(25)6-13/h3-9,26H,10H2,1-2H3,(H,27,28)(H,29,30)/b18-9-. The number of carbonyl (C=O) groups is 2. The number of aryl methyl sites for hydroxylation is 1. The molecule has 3 aromatic rings. The van der Waals surface area contributed by atoms with Gasteiger partial charge in [0.15, 0.2) is 9.84 Å². The maximum Gasteiger partial charge on any atom is 0.337 e. The van der Waals surface area contributed by atoms with Crippen LogP contribution in [0.2, 0.25) is 10.0 Å². The van der Waals surface area contributed by atoms with Crippen LogP contribution in [0.5, 0.6) is 0 Å². The Balaban J connectivity index is 1.75. The van der Waals surface area contributed by atoms with Crippen LogP contribution in [0.25, 0.3) is 11.6 Å². The molecule has 4 rings (SSSR count). The lowest BCUT2D eigenvalue weighted by molar-refractivity contribution is -0.110. The van der Waals surface area contributed by atoms with Crippen LogP contribution in [0.15, 0.2) is 41.3 Å². The largest absolute Gasteiger partial charge is 0.478 e. The molecular weight excluding hydrogens is 487 g/mol. The average molecular weight is 505 g/mol. The van der Waals surface area contributed by atoms with Crippen molar-refractivity contribution in [2.24, 2.45) is 0 Å². The highest BCUT2D eigenvalue weighted by molar-refractivity contribution is 7.90. The quantitative estimate of drug-likeness (QED) is 0.417. The van der Waals surface area contributed by atoms with E-state index in [9.17, 15) is 23.1 Å². The van der Waals surface area contributed by atoms with E-state index in [1.165, 1.54) is 42.5 Å². The molecule has 0 aliphatic carbocycles. The summed E-state index contributed by atoms with van der Waals surface area (Å²) >= 11 is 12.0. The number of nitrogens with one attached hydrogen (secondary N) is 2. The first-order valence-electron chi connectivity index (χ1n) is 9.74. The number of benzene rings is 2. The Kier molecular flexibility index (Phi) is 5.86. The molecule has 0 unspecified atom stereocenters. The Hall–Kier alpha value is -3.07. The summed E-state index contributed by atoms with van der Waals surface area (Å²) in [5.41, 5.74) is 3.09. The average Bonchev–Trinajstić information content (AvgIpc) is 3.15. The fraction of sp³-hybridized carbons (Fsp3) is 0.130. The summed E-state index contributed by atoms with van der Waals surface area (Å²) in [5.74, 6) is -1.80. The van der Waals surface area contributed by atoms with Gasteiger partial charge in [0.2, 0.25) is 0 Å². The summed E-state index contributed by atoms with van der Waals surface area (Å²) in [4.78, 5) is 27.1. The van der Waals surface area contributed by atoms with Crippen molar-refractivity contribution in [1.29, 1.82) is 0 Å². The summed E-state index contributed by atoms with van der Waals surface area (Å²) in [6.45, 7) is 3.28. The summed E-state index contributed by atoms with van der Waals surface area (Å²) in [7, 11) is -3.77. The minimum Gasteiger partial charge on any atom is -0.478 e. The van der Waals surface area contributed by atoms with Crippen molar-refractivity contribution in [3.05, 3.63) is 80.1 Å². The molecule has 0 saturated carbocycles. The predicted molar refractivity (Wildman–Crippen MR) is 128 cm³/mol. The van der Waals surface area contributed by atoms with E-state index in [0.29, 0.717) is 43.8 Å². The highest BCUT2D eigenvalue weighted by Gasteiger charge is 2.28. The highest BCUT2D eigenvalue weighted by atomic mass is 35.5. The van der Waals surface area contributed by atoms with Gasteiger partial charge in [-0.3, -0.25) is 4.79 Å². The van der Waals surface area contributed by atoms with Crippen LogP contribution in [0, 0.1) is 13.8 Å². The van der Waals surface area contributed by atoms with E-state index in [-0.39, 0.29) is 21.8 Å². The van der Waals surface area contributed by atoms with E-state index in [2.05, 4.69) is 10.3 Å². The Bertz CT molecular complexity index is 1450. The topological polar surface area (TPSA) is 116 Å². The number of amides is 1. The van der Waals surface area contributed by atoms with Crippen molar-refractivity contribution in [2.75, 3.05) is 5.32 Å². The molecule has 3 N–H and O–H groups in total. The molecule has 7 nitrogen and oxygen atoms in total. The number of H-pyrrole nitrogens is 1. The summed E-state index contributed by atoms with van der Waals surface area (Å²) in [6.07, 6.45) is 1.53. The van der Waals surface area contributed by atoms with Crippen LogP contribution in [0.3, 0.4) is 0 Å². The van der Waals surface area contributed by atoms with Gasteiger partial charge < -0.3 is 15.4 Å². The molecule has 0 spiro atoms. The number of hydrogen-bond acceptors (Lipinski definition) is 4. The number of carboxylic acids is 1. The lowest BCUT2D eigenvalue weighted by Gasteiger charge is -2.08. The maximum absolute atomic E-state index is 13.1. The van der Waals surface area contributed by atoms with E-state index in [0.717, 1.165) is 0 Å². The third-order valence-corrected chi connectivity index (χ3v) is 7.51. The highest BCUT2D eigenvalue weighted by Crippen LogP contribution is 2.36. The van der Waals surface area contributed by atoms with Crippen LogP contribution in [0.4, 0.5) is 5.69 Å². The zero-order valence-corrected chi connectivity index (χ0v) is 19.8. The number of fused-ring (bicyclic) bond motifs is 1. The number of carbonyl (C=O) groups excluding carboxylic acids is 1. The number of carboxylic acid groups (broad SMARTS) is 1. The van der Waals surface area contributed by atoms with Crippen LogP contribution in [0.1, 0.15) is 38.4 Å². The van der Waals surface area contributed by atoms with Crippen molar-refractivity contribution >= 4 is 62.3 Å². The van der Waals surface area contributed by atoms with Gasteiger partial charge in [-0.2, -0.15) is 0 Å². The fourth-order valence-corrected chi connectivity index (χ4v) is 5.80. The van der Waals surface area contributed by atoms with Crippen LogP contribution in [-0.4, -0.2) is 30.4 Å². The van der Waals surface area contributed by atoms with E-state index < -0.39 is 21.7 Å². The molecule has 10 heteroatoms. The number of halogens is 2. The first kappa shape index (κ1) is 23.1. The number of rotatable bonds is 5. The molecule has 1 aromatic heterocycles. The lowest BCUT2D eigenvalue weighted by atomic mass is 10.0. The van der Waals surface area contributed by atoms with Crippen LogP contribution >= 0.6 is 23.2 Å². The number of aromatic carboxylic acids is 1. The van der Waals surface area contributed by atoms with E-state index in [4.69, 9.17) is 23.2 Å². The number of sulfone groups is 1. The minimum absolute atomic E-state index is 0.0327. The molecule has 1 aliphatic heterocycles. The van der Waals surface area contributed by atoms with Gasteiger partial charge in [-0.25, -0.2) is 13.2 Å². The van der Waals surface area contributed by atoms with Gasteiger partial charge in [-0.15, -0.1) is 0 Å². The van der Waals surface area contributed by atoms with E-state index in [1.807, 2.05) is 0 Å². The van der Waals surface area contributed by atoms with Gasteiger partial charge in [0.05, 0.1) is 21.8 Å². The van der Waals surface area contributed by atoms with Gasteiger partial charge in [0.1, 0.15) is 0 Å². The van der Waals surface area contributed by atoms with E-state index >= 15 is 0 Å². The first-order valence-corrected chi connectivity index (χ1v) is 12.1. The first-order chi connectivity index (χ1) is 15.5. The Labute approximate surface area is 200 Å². The molecule has 2 heterocycles. The Morgan fingerprint density at radius 2 is 1.76 bits per heavy atom. The van der Waals surface area contributed by atoms with Crippen molar-refractivity contribution < 1.29 is 23.1 Å². The Morgan fingerprint density at radius 3 is 2.36 bits per heavy atom. The van der Waals surface area contributed by atoms with Crippen molar-refractivity contribution in [1.82, 2.24) is 4.98 Å². The second-order valence-electron chi connectivity index (χ2n) is 7.73. The summed E-state index contributed by atoms with van der Waals surface area (Å²) in [6, 6.07) is 8.97. The zero-order chi connectivity index (χ0) is 24.1. The monoisotopic (exact) mass is 504 g/mol. The smallest absolute Gasteiger partial charge is 0.337 e. The number of aromatic nitrogens is 1. The molecule has 0 atom stereocenters. The molecule has 170 valence electrons. The van der Waals surface area contributed by atoms with Crippen molar-refractivity contribution in [3.63, 3.8) is 0 Å². The van der Waals surface area contributed by atoms with Crippen molar-refractivity contribution in [2.45, 2.75) is 24.5 Å². The molecule has 0 saturated heterocycles. The summed E-state index contributed by atoms with van der Waals surface area (Å²) < 4.78 is 26.1. The minimum atomic E-state index is -3.77. The van der Waals surface area contributed by atoms with Gasteiger partial charge in [0, 0.05) is 32.7 Å². The third kappa shape index (κ3) is 4.42. The number of anilines is 1. The second-order valence-corrected chi connectivity index (χ2v) is 10.6. The van der Waals surface area contributed by atoms with Crippen LogP contribution < -0.4 is 5.32 Å². The normalized spacial score (nSPS) is 14.4. The molecule has 1 amide bonds. The van der Waals surface area contributed by atoms with Crippen LogP contribution in [-0.2, 0) is 20.4 Å². The molecular formula is C23H18Cl2N2O5S. The summed E-state index contributed by atoms with van der Waals surface area (Å²) in [5, 5.41) is 12.8. The lowest BCUT2D eigenvalue weighted by Crippen LogP contribution is -2.05. The second kappa shape index (κ2) is 8.37. The number of aromatic amines is 1. The fourth-order valence-electron chi connectivity index (χ4n) is 3.88. The van der Waals surface area contributed by atoms with Gasteiger partial charge in [0.25, 0.3) is 5.91 Å². The van der Waals surface area contributed by atoms with E-state index in [1.54, 1.807) is 13.8 Å². The van der Waals surface area contributed by atoms with Gasteiger partial charge in [-0.1, -0.05) is 23.2 Å². The Morgan fingerprint density at radius 1 is 1.09 bits per heavy atom.